The van der Waals surface area contributed by atoms with Gasteiger partial charge < -0.3 is 18.4 Å². The Morgan fingerprint density at radius 3 is 1.91 bits per heavy atom. The molecule has 0 bridgehead atoms. The molecule has 0 unspecified atom stereocenters. The van der Waals surface area contributed by atoms with E-state index in [1.165, 1.54) is 0 Å². The van der Waals surface area contributed by atoms with Gasteiger partial charge in [-0.3, -0.25) is 0 Å². The van der Waals surface area contributed by atoms with Crippen molar-refractivity contribution in [2.24, 2.45) is 0 Å². The Bertz CT molecular complexity index is 643. The second-order valence-electron chi connectivity index (χ2n) is 5.86. The lowest BCUT2D eigenvalue weighted by Crippen LogP contribution is -2.57. The fraction of sp³-hybridized carbons (Fsp3) is 0.333. The van der Waals surface area contributed by atoms with Gasteiger partial charge in [0.25, 0.3) is 0 Å². The molecule has 0 atom stereocenters. The van der Waals surface area contributed by atoms with E-state index in [2.05, 4.69) is 13.8 Å². The van der Waals surface area contributed by atoms with Crippen molar-refractivity contribution in [3.63, 3.8) is 0 Å². The fourth-order valence-corrected chi connectivity index (χ4v) is 5.24. The van der Waals surface area contributed by atoms with Crippen LogP contribution in [0.1, 0.15) is 25.0 Å². The first-order chi connectivity index (χ1) is 10.9. The smallest absolute Gasteiger partial charge is 0.508 e. The molecule has 0 heterocycles. The Balaban J connectivity index is 2.73. The zero-order chi connectivity index (χ0) is 17.1. The summed E-state index contributed by atoms with van der Waals surface area (Å²) in [4.78, 5) is 0. The highest BCUT2D eigenvalue weighted by atomic mass is 28.4. The summed E-state index contributed by atoms with van der Waals surface area (Å²) in [6.07, 6.45) is 0. The summed E-state index contributed by atoms with van der Waals surface area (Å²) in [7, 11) is 1.64. The lowest BCUT2D eigenvalue weighted by atomic mass is 9.77. The summed E-state index contributed by atoms with van der Waals surface area (Å²) in [5.74, 6) is 0.208. The molecule has 0 aliphatic rings. The normalized spacial score (nSPS) is 12.4. The molecule has 0 amide bonds. The van der Waals surface area contributed by atoms with Crippen molar-refractivity contribution in [1.29, 1.82) is 0 Å². The molecule has 0 aliphatic carbocycles. The number of hydrogen-bond donors (Lipinski definition) is 1. The summed E-state index contributed by atoms with van der Waals surface area (Å²) in [6, 6.07) is 15.4. The van der Waals surface area contributed by atoms with Gasteiger partial charge in [0.15, 0.2) is 0 Å². The van der Waals surface area contributed by atoms with Crippen LogP contribution in [0.3, 0.4) is 0 Å². The van der Waals surface area contributed by atoms with Crippen LogP contribution < -0.4 is 5.19 Å². The lowest BCUT2D eigenvalue weighted by Gasteiger charge is -2.34. The van der Waals surface area contributed by atoms with Crippen molar-refractivity contribution in [1.82, 2.24) is 0 Å². The van der Waals surface area contributed by atoms with Crippen molar-refractivity contribution < 1.29 is 18.4 Å². The zero-order valence-corrected chi connectivity index (χ0v) is 15.3. The number of hydrogen-bond acceptors (Lipinski definition) is 4. The molecule has 0 spiro atoms. The van der Waals surface area contributed by atoms with E-state index in [9.17, 15) is 5.11 Å². The minimum Gasteiger partial charge on any atom is -0.508 e. The molecule has 4 nitrogen and oxygen atoms in total. The van der Waals surface area contributed by atoms with Crippen LogP contribution in [0, 0.1) is 0 Å². The Morgan fingerprint density at radius 1 is 0.826 bits per heavy atom. The van der Waals surface area contributed by atoms with E-state index >= 15 is 0 Å². The van der Waals surface area contributed by atoms with E-state index in [-0.39, 0.29) is 5.75 Å². The summed E-state index contributed by atoms with van der Waals surface area (Å²) in [5.41, 5.74) is 1.42. The van der Waals surface area contributed by atoms with Gasteiger partial charge >= 0.3 is 8.80 Å². The molecule has 0 aromatic heterocycles. The van der Waals surface area contributed by atoms with Crippen molar-refractivity contribution in [3.05, 3.63) is 59.7 Å². The number of phenols is 1. The van der Waals surface area contributed by atoms with Gasteiger partial charge in [-0.25, -0.2) is 0 Å². The van der Waals surface area contributed by atoms with E-state index in [0.717, 1.165) is 16.3 Å². The fourth-order valence-electron chi connectivity index (χ4n) is 3.03. The Hall–Kier alpha value is -1.66. The molecule has 2 aromatic rings. The minimum atomic E-state index is -3.07. The molecule has 2 rings (SSSR count). The highest BCUT2D eigenvalue weighted by Gasteiger charge is 2.46. The Morgan fingerprint density at radius 2 is 1.39 bits per heavy atom. The van der Waals surface area contributed by atoms with Crippen LogP contribution in [-0.4, -0.2) is 35.2 Å². The van der Waals surface area contributed by atoms with E-state index in [0.29, 0.717) is 0 Å². The quantitative estimate of drug-likeness (QED) is 0.827. The average Bonchev–Trinajstić information content (AvgIpc) is 2.57. The Labute approximate surface area is 139 Å². The predicted molar refractivity (Wildman–Crippen MR) is 93.1 cm³/mol. The number of benzene rings is 2. The maximum Gasteiger partial charge on any atom is 0.536 e. The van der Waals surface area contributed by atoms with Crippen LogP contribution in [0.2, 0.25) is 0 Å². The molecule has 5 heteroatoms. The molecule has 1 N–H and O–H groups in total. The lowest BCUT2D eigenvalue weighted by molar-refractivity contribution is 0.140. The molecule has 0 saturated heterocycles. The summed E-state index contributed by atoms with van der Waals surface area (Å²) >= 11 is 0. The van der Waals surface area contributed by atoms with Gasteiger partial charge in [-0.15, -0.1) is 0 Å². The van der Waals surface area contributed by atoms with Crippen molar-refractivity contribution in [3.8, 4) is 5.75 Å². The van der Waals surface area contributed by atoms with Crippen LogP contribution in [0.4, 0.5) is 0 Å². The van der Waals surface area contributed by atoms with E-state index in [1.54, 1.807) is 33.5 Å². The van der Waals surface area contributed by atoms with Crippen molar-refractivity contribution >= 4 is 14.0 Å². The SMILES string of the molecule is CO[Si](OC)(OC)c1cccc(O)c1C(C)(C)c1ccccc1. The van der Waals surface area contributed by atoms with Gasteiger partial charge in [-0.05, 0) is 11.6 Å². The average molecular weight is 332 g/mol. The summed E-state index contributed by atoms with van der Waals surface area (Å²) < 4.78 is 16.9. The minimum absolute atomic E-state index is 0.208. The molecule has 0 fully saturated rings. The van der Waals surface area contributed by atoms with Crippen LogP contribution in [0.15, 0.2) is 48.5 Å². The van der Waals surface area contributed by atoms with E-state index < -0.39 is 14.2 Å². The zero-order valence-electron chi connectivity index (χ0n) is 14.3. The standard InChI is InChI=1S/C18H24O4Si/c1-18(2,14-10-7-6-8-11-14)17-15(19)12-9-13-16(17)23(20-3,21-4)22-5/h6-13,19H,1-5H3. The molecule has 0 saturated carbocycles. The van der Waals surface area contributed by atoms with Gasteiger partial charge in [0, 0.05) is 37.5 Å². The number of rotatable bonds is 6. The highest BCUT2D eigenvalue weighted by molar-refractivity contribution is 6.75. The van der Waals surface area contributed by atoms with Gasteiger partial charge in [-0.1, -0.05) is 56.3 Å². The monoisotopic (exact) mass is 332 g/mol. The molecular formula is C18H24O4Si. The number of aromatic hydroxyl groups is 1. The van der Waals surface area contributed by atoms with Gasteiger partial charge in [0.05, 0.1) is 0 Å². The predicted octanol–water partition coefficient (Wildman–Crippen LogP) is 2.80. The second-order valence-corrected chi connectivity index (χ2v) is 8.74. The van der Waals surface area contributed by atoms with Crippen molar-refractivity contribution in [2.45, 2.75) is 19.3 Å². The van der Waals surface area contributed by atoms with Crippen LogP contribution in [-0.2, 0) is 18.7 Å². The number of phenolic OH excluding ortho intramolecular Hbond substituents is 1. The molecule has 2 aromatic carbocycles. The second kappa shape index (κ2) is 6.84. The van der Waals surface area contributed by atoms with Gasteiger partial charge in [-0.2, -0.15) is 0 Å². The Kier molecular flexibility index (Phi) is 5.26. The van der Waals surface area contributed by atoms with Crippen LogP contribution in [0.5, 0.6) is 5.75 Å². The van der Waals surface area contributed by atoms with E-state index in [1.807, 2.05) is 36.4 Å². The first-order valence-corrected chi connectivity index (χ1v) is 9.19. The maximum atomic E-state index is 10.6. The summed E-state index contributed by atoms with van der Waals surface area (Å²) in [6.45, 7) is 4.14. The van der Waals surface area contributed by atoms with Crippen LogP contribution >= 0.6 is 0 Å². The largest absolute Gasteiger partial charge is 0.536 e. The third-order valence-electron chi connectivity index (χ3n) is 4.30. The molecule has 0 aliphatic heterocycles. The summed E-state index contributed by atoms with van der Waals surface area (Å²) in [5, 5.41) is 11.4. The third kappa shape index (κ3) is 3.05. The maximum absolute atomic E-state index is 10.6. The first-order valence-electron chi connectivity index (χ1n) is 7.47. The van der Waals surface area contributed by atoms with Crippen molar-refractivity contribution in [2.75, 3.05) is 21.3 Å². The van der Waals surface area contributed by atoms with Crippen LogP contribution in [0.25, 0.3) is 0 Å². The molecule has 23 heavy (non-hydrogen) atoms. The van der Waals surface area contributed by atoms with E-state index in [4.69, 9.17) is 13.3 Å². The first kappa shape index (κ1) is 17.7. The van der Waals surface area contributed by atoms with Gasteiger partial charge in [0.1, 0.15) is 5.75 Å². The topological polar surface area (TPSA) is 47.9 Å². The molecule has 124 valence electrons. The third-order valence-corrected chi connectivity index (χ3v) is 6.99. The highest BCUT2D eigenvalue weighted by Crippen LogP contribution is 2.36. The molecular weight excluding hydrogens is 308 g/mol. The van der Waals surface area contributed by atoms with Gasteiger partial charge in [0.2, 0.25) is 0 Å². The molecule has 0 radical (unpaired) electrons.